The zero-order chi connectivity index (χ0) is 25.1. The topological polar surface area (TPSA) is 31.0 Å². The number of benzene rings is 5. The van der Waals surface area contributed by atoms with Crippen LogP contribution in [0, 0.1) is 0 Å². The van der Waals surface area contributed by atoms with E-state index in [-0.39, 0.29) is 0 Å². The fourth-order valence-electron chi connectivity index (χ4n) is 5.66. The standard InChI is InChI=1S/C35H22N2O/c1-2-8-23(9-3-1)25-15-17-32-29(21-25)28-12-4-5-13-31(28)37(32)27-11-6-10-24(20-27)26-16-18-33-30(22-26)35-34(38-33)14-7-19-36-35/h1-22H. The Morgan fingerprint density at radius 3 is 2.16 bits per heavy atom. The zero-order valence-corrected chi connectivity index (χ0v) is 20.5. The number of fused-ring (bicyclic) bond motifs is 6. The molecule has 8 aromatic rings. The second kappa shape index (κ2) is 8.19. The third-order valence-corrected chi connectivity index (χ3v) is 7.44. The maximum atomic E-state index is 6.00. The maximum Gasteiger partial charge on any atom is 0.153 e. The molecule has 0 aliphatic rings. The second-order valence-corrected chi connectivity index (χ2v) is 9.66. The van der Waals surface area contributed by atoms with Crippen LogP contribution in [-0.4, -0.2) is 9.55 Å². The lowest BCUT2D eigenvalue weighted by Gasteiger charge is -2.11. The van der Waals surface area contributed by atoms with E-state index in [1.54, 1.807) is 0 Å². The molecule has 38 heavy (non-hydrogen) atoms. The van der Waals surface area contributed by atoms with E-state index in [9.17, 15) is 0 Å². The molecule has 0 N–H and O–H groups in total. The molecule has 0 fully saturated rings. The van der Waals surface area contributed by atoms with Gasteiger partial charge in [0, 0.05) is 28.0 Å². The van der Waals surface area contributed by atoms with Crippen molar-refractivity contribution in [1.29, 1.82) is 0 Å². The van der Waals surface area contributed by atoms with Gasteiger partial charge < -0.3 is 8.98 Å². The van der Waals surface area contributed by atoms with E-state index in [1.165, 1.54) is 32.9 Å². The first kappa shape index (κ1) is 21.0. The molecule has 0 amide bonds. The van der Waals surface area contributed by atoms with Gasteiger partial charge in [-0.3, -0.25) is 4.98 Å². The van der Waals surface area contributed by atoms with Crippen LogP contribution in [0.15, 0.2) is 138 Å². The SMILES string of the molecule is c1ccc(-c2ccc3c(c2)c2ccccc2n3-c2cccc(-c3ccc4oc5cccnc5c4c3)c2)cc1. The number of para-hydroxylation sites is 1. The van der Waals surface area contributed by atoms with Crippen LogP contribution in [-0.2, 0) is 0 Å². The van der Waals surface area contributed by atoms with Gasteiger partial charge in [-0.2, -0.15) is 0 Å². The molecule has 3 aromatic heterocycles. The molecular weight excluding hydrogens is 464 g/mol. The molecule has 0 aliphatic heterocycles. The van der Waals surface area contributed by atoms with Crippen molar-refractivity contribution in [1.82, 2.24) is 9.55 Å². The van der Waals surface area contributed by atoms with Crippen LogP contribution in [0.25, 0.3) is 71.8 Å². The molecular formula is C35H22N2O. The zero-order valence-electron chi connectivity index (χ0n) is 20.5. The summed E-state index contributed by atoms with van der Waals surface area (Å²) in [4.78, 5) is 4.56. The van der Waals surface area contributed by atoms with Gasteiger partial charge in [0.05, 0.1) is 11.0 Å². The number of rotatable bonds is 3. The molecule has 0 radical (unpaired) electrons. The Bertz CT molecular complexity index is 2130. The second-order valence-electron chi connectivity index (χ2n) is 9.66. The molecule has 3 heteroatoms. The maximum absolute atomic E-state index is 6.00. The first-order chi connectivity index (χ1) is 18.8. The van der Waals surface area contributed by atoms with Crippen molar-refractivity contribution in [3.8, 4) is 27.9 Å². The number of hydrogen-bond donors (Lipinski definition) is 0. The van der Waals surface area contributed by atoms with Crippen LogP contribution in [0.2, 0.25) is 0 Å². The lowest BCUT2D eigenvalue weighted by atomic mass is 10.0. The smallest absolute Gasteiger partial charge is 0.153 e. The third kappa shape index (κ3) is 3.19. The summed E-state index contributed by atoms with van der Waals surface area (Å²) in [6.45, 7) is 0. The van der Waals surface area contributed by atoms with Gasteiger partial charge in [0.15, 0.2) is 5.58 Å². The average molecular weight is 487 g/mol. The molecule has 3 nitrogen and oxygen atoms in total. The van der Waals surface area contributed by atoms with E-state index >= 15 is 0 Å². The van der Waals surface area contributed by atoms with Crippen molar-refractivity contribution in [2.24, 2.45) is 0 Å². The first-order valence-corrected chi connectivity index (χ1v) is 12.8. The summed E-state index contributed by atoms with van der Waals surface area (Å²) in [5.74, 6) is 0. The van der Waals surface area contributed by atoms with Crippen LogP contribution >= 0.6 is 0 Å². The van der Waals surface area contributed by atoms with Gasteiger partial charge in [-0.15, -0.1) is 0 Å². The summed E-state index contributed by atoms with van der Waals surface area (Å²) in [5.41, 5.74) is 10.8. The Labute approximate surface area is 219 Å². The molecule has 0 spiro atoms. The van der Waals surface area contributed by atoms with E-state index in [4.69, 9.17) is 4.42 Å². The van der Waals surface area contributed by atoms with E-state index in [0.717, 1.165) is 38.9 Å². The van der Waals surface area contributed by atoms with Crippen molar-refractivity contribution in [3.05, 3.63) is 134 Å². The Morgan fingerprint density at radius 1 is 0.474 bits per heavy atom. The number of hydrogen-bond acceptors (Lipinski definition) is 2. The minimum Gasteiger partial charge on any atom is -0.454 e. The summed E-state index contributed by atoms with van der Waals surface area (Å²) in [5, 5.41) is 3.54. The van der Waals surface area contributed by atoms with E-state index in [2.05, 4.69) is 119 Å². The summed E-state index contributed by atoms with van der Waals surface area (Å²) in [7, 11) is 0. The molecule has 178 valence electrons. The van der Waals surface area contributed by atoms with Gasteiger partial charge in [-0.05, 0) is 76.9 Å². The highest BCUT2D eigenvalue weighted by molar-refractivity contribution is 6.10. The van der Waals surface area contributed by atoms with Gasteiger partial charge in [-0.25, -0.2) is 0 Å². The average Bonchev–Trinajstić information content (AvgIpc) is 3.53. The van der Waals surface area contributed by atoms with E-state index in [0.29, 0.717) is 0 Å². The minimum atomic E-state index is 0.813. The summed E-state index contributed by atoms with van der Waals surface area (Å²) < 4.78 is 8.37. The lowest BCUT2D eigenvalue weighted by molar-refractivity contribution is 0.668. The molecule has 0 saturated carbocycles. The number of aromatic nitrogens is 2. The van der Waals surface area contributed by atoms with E-state index in [1.807, 2.05) is 24.4 Å². The van der Waals surface area contributed by atoms with Gasteiger partial charge in [0.2, 0.25) is 0 Å². The largest absolute Gasteiger partial charge is 0.454 e. The van der Waals surface area contributed by atoms with Gasteiger partial charge in [0.1, 0.15) is 11.1 Å². The Kier molecular flexibility index (Phi) is 4.52. The molecule has 0 bridgehead atoms. The first-order valence-electron chi connectivity index (χ1n) is 12.8. The number of pyridine rings is 1. The molecule has 0 aliphatic carbocycles. The fraction of sp³-hybridized carbons (Fsp3) is 0. The van der Waals surface area contributed by atoms with Crippen molar-refractivity contribution in [2.45, 2.75) is 0 Å². The van der Waals surface area contributed by atoms with Crippen molar-refractivity contribution in [2.75, 3.05) is 0 Å². The molecule has 3 heterocycles. The molecule has 0 saturated heterocycles. The number of nitrogens with zero attached hydrogens (tertiary/aromatic N) is 2. The third-order valence-electron chi connectivity index (χ3n) is 7.44. The molecule has 0 unspecified atom stereocenters. The van der Waals surface area contributed by atoms with Crippen LogP contribution in [0.5, 0.6) is 0 Å². The Balaban J connectivity index is 1.32. The monoisotopic (exact) mass is 486 g/mol. The van der Waals surface area contributed by atoms with Crippen molar-refractivity contribution < 1.29 is 4.42 Å². The predicted octanol–water partition coefficient (Wildman–Crippen LogP) is 9.41. The predicted molar refractivity (Wildman–Crippen MR) is 157 cm³/mol. The minimum absolute atomic E-state index is 0.813. The quantitative estimate of drug-likeness (QED) is 0.249. The van der Waals surface area contributed by atoms with Crippen LogP contribution in [0.1, 0.15) is 0 Å². The van der Waals surface area contributed by atoms with Crippen LogP contribution in [0.4, 0.5) is 0 Å². The van der Waals surface area contributed by atoms with Gasteiger partial charge in [-0.1, -0.05) is 72.8 Å². The highest BCUT2D eigenvalue weighted by Gasteiger charge is 2.14. The lowest BCUT2D eigenvalue weighted by Crippen LogP contribution is -1.94. The summed E-state index contributed by atoms with van der Waals surface area (Å²) in [6.07, 6.45) is 1.82. The fourth-order valence-corrected chi connectivity index (χ4v) is 5.66. The van der Waals surface area contributed by atoms with E-state index < -0.39 is 0 Å². The number of furan rings is 1. The summed E-state index contributed by atoms with van der Waals surface area (Å²) in [6, 6.07) is 45.0. The van der Waals surface area contributed by atoms with Crippen molar-refractivity contribution in [3.63, 3.8) is 0 Å². The highest BCUT2D eigenvalue weighted by atomic mass is 16.3. The normalized spacial score (nSPS) is 11.7. The van der Waals surface area contributed by atoms with Gasteiger partial charge >= 0.3 is 0 Å². The highest BCUT2D eigenvalue weighted by Crippen LogP contribution is 2.36. The van der Waals surface area contributed by atoms with Crippen LogP contribution in [0.3, 0.4) is 0 Å². The molecule has 8 rings (SSSR count). The molecule has 5 aromatic carbocycles. The van der Waals surface area contributed by atoms with Gasteiger partial charge in [0.25, 0.3) is 0 Å². The summed E-state index contributed by atoms with van der Waals surface area (Å²) >= 11 is 0. The Morgan fingerprint density at radius 2 is 1.21 bits per heavy atom. The Hall–Kier alpha value is -5.15. The van der Waals surface area contributed by atoms with Crippen LogP contribution < -0.4 is 0 Å². The molecule has 0 atom stereocenters. The van der Waals surface area contributed by atoms with Crippen molar-refractivity contribution >= 4 is 43.9 Å².